The van der Waals surface area contributed by atoms with Gasteiger partial charge in [-0.15, -0.1) is 10.2 Å². The number of hydrogen-bond donors (Lipinski definition) is 2. The van der Waals surface area contributed by atoms with E-state index in [0.29, 0.717) is 5.22 Å². The topological polar surface area (TPSA) is 72.5 Å². The van der Waals surface area contributed by atoms with Gasteiger partial charge in [-0.3, -0.25) is 4.79 Å². The molecule has 0 radical (unpaired) electrons. The largest absolute Gasteiger partial charge is 0.416 e. The summed E-state index contributed by atoms with van der Waals surface area (Å²) in [4.78, 5) is 13.6. The smallest absolute Gasteiger partial charge is 0.414 e. The minimum Gasteiger partial charge on any atom is -0.414 e. The quantitative estimate of drug-likeness (QED) is 0.692. The Morgan fingerprint density at radius 2 is 2.04 bits per heavy atom. The van der Waals surface area contributed by atoms with Crippen LogP contribution in [0.5, 0.6) is 0 Å². The van der Waals surface area contributed by atoms with E-state index in [2.05, 4.69) is 15.5 Å². The third kappa shape index (κ3) is 5.70. The van der Waals surface area contributed by atoms with Gasteiger partial charge in [-0.05, 0) is 18.2 Å². The number of likely N-dealkylation sites (tertiary alicyclic amines) is 1. The maximum atomic E-state index is 12.7. The molecule has 1 amide bonds. The van der Waals surface area contributed by atoms with Gasteiger partial charge >= 0.3 is 6.18 Å². The molecule has 27 heavy (non-hydrogen) atoms. The minimum atomic E-state index is -4.49. The molecule has 2 aromatic rings. The average Bonchev–Trinajstić information content (AvgIpc) is 3.31. The summed E-state index contributed by atoms with van der Waals surface area (Å²) in [6.07, 6.45) is -1.95. The average molecular weight is 401 g/mol. The van der Waals surface area contributed by atoms with Crippen LogP contribution in [0, 0.1) is 0 Å². The zero-order valence-electron chi connectivity index (χ0n) is 14.5. The van der Waals surface area contributed by atoms with Gasteiger partial charge < -0.3 is 14.6 Å². The summed E-state index contributed by atoms with van der Waals surface area (Å²) in [5.74, 6) is 0.450. The Kier molecular flexibility index (Phi) is 6.38. The number of aromatic nitrogens is 2. The van der Waals surface area contributed by atoms with Crippen molar-refractivity contribution in [3.8, 4) is 0 Å². The van der Waals surface area contributed by atoms with Gasteiger partial charge in [0.2, 0.25) is 5.89 Å². The standard InChI is InChI=1S/C17H19F3N4O2S/c18-17(19,20)13-5-3-4-12(10-13)15(25)21-11-14-22-23-16(26-14)27-9-8-24-6-1-2-7-24/h3-5,10H,1-2,6-9,11H2,(H,21,25)/p+1. The van der Waals surface area contributed by atoms with Gasteiger partial charge in [0.15, 0.2) is 0 Å². The monoisotopic (exact) mass is 401 g/mol. The van der Waals surface area contributed by atoms with Crippen molar-refractivity contribution in [1.29, 1.82) is 0 Å². The van der Waals surface area contributed by atoms with Gasteiger partial charge in [0.05, 0.1) is 37.5 Å². The van der Waals surface area contributed by atoms with Gasteiger partial charge in [0, 0.05) is 18.4 Å². The van der Waals surface area contributed by atoms with Gasteiger partial charge in [-0.1, -0.05) is 17.8 Å². The molecular weight excluding hydrogens is 381 g/mol. The fourth-order valence-corrected chi connectivity index (χ4v) is 3.69. The Morgan fingerprint density at radius 1 is 1.26 bits per heavy atom. The van der Waals surface area contributed by atoms with Gasteiger partial charge in [0.1, 0.15) is 0 Å². The number of nitrogens with zero attached hydrogens (tertiary/aromatic N) is 2. The molecule has 1 aromatic carbocycles. The van der Waals surface area contributed by atoms with Crippen LogP contribution in [0.3, 0.4) is 0 Å². The van der Waals surface area contributed by atoms with Crippen molar-refractivity contribution in [2.45, 2.75) is 30.8 Å². The van der Waals surface area contributed by atoms with Crippen LogP contribution >= 0.6 is 11.8 Å². The van der Waals surface area contributed by atoms with Crippen LogP contribution < -0.4 is 10.2 Å². The molecule has 0 unspecified atom stereocenters. The third-order valence-corrected chi connectivity index (χ3v) is 5.11. The van der Waals surface area contributed by atoms with Gasteiger partial charge in [-0.2, -0.15) is 13.2 Å². The lowest BCUT2D eigenvalue weighted by atomic mass is 10.1. The van der Waals surface area contributed by atoms with Crippen LogP contribution in [0.4, 0.5) is 13.2 Å². The molecule has 0 atom stereocenters. The molecular formula is C17H20F3N4O2S+. The van der Waals surface area contributed by atoms with Crippen LogP contribution in [-0.4, -0.2) is 41.5 Å². The minimum absolute atomic E-state index is 0.0417. The number of rotatable bonds is 7. The Hall–Kier alpha value is -2.07. The lowest BCUT2D eigenvalue weighted by molar-refractivity contribution is -0.884. The predicted molar refractivity (Wildman–Crippen MR) is 92.4 cm³/mol. The fraction of sp³-hybridized carbons (Fsp3) is 0.471. The van der Waals surface area contributed by atoms with E-state index in [1.54, 1.807) is 4.90 Å². The van der Waals surface area contributed by atoms with Crippen LogP contribution in [0.1, 0.15) is 34.7 Å². The highest BCUT2D eigenvalue weighted by Crippen LogP contribution is 2.29. The second-order valence-corrected chi connectivity index (χ2v) is 7.32. The van der Waals surface area contributed by atoms with Crippen molar-refractivity contribution >= 4 is 17.7 Å². The van der Waals surface area contributed by atoms with E-state index in [1.165, 1.54) is 49.8 Å². The number of amides is 1. The first kappa shape index (κ1) is 19.7. The van der Waals surface area contributed by atoms with Crippen LogP contribution in [0.15, 0.2) is 33.9 Å². The molecule has 1 aromatic heterocycles. The number of quaternary nitrogens is 1. The molecule has 0 aliphatic carbocycles. The van der Waals surface area contributed by atoms with Crippen molar-refractivity contribution in [3.63, 3.8) is 0 Å². The van der Waals surface area contributed by atoms with Crippen molar-refractivity contribution in [2.75, 3.05) is 25.4 Å². The van der Waals surface area contributed by atoms with Crippen LogP contribution in [0.25, 0.3) is 0 Å². The number of carbonyl (C=O) groups excluding carboxylic acids is 1. The Labute approximate surface area is 158 Å². The highest BCUT2D eigenvalue weighted by atomic mass is 32.2. The normalized spacial score (nSPS) is 15.2. The first-order chi connectivity index (χ1) is 12.9. The van der Waals surface area contributed by atoms with E-state index in [0.717, 1.165) is 24.4 Å². The SMILES string of the molecule is O=C(NCc1nnc(SCC[NH+]2CCCC2)o1)c1cccc(C(F)(F)F)c1. The van der Waals surface area contributed by atoms with Crippen molar-refractivity contribution in [3.05, 3.63) is 41.3 Å². The number of hydrogen-bond acceptors (Lipinski definition) is 5. The maximum absolute atomic E-state index is 12.7. The fourth-order valence-electron chi connectivity index (χ4n) is 2.87. The zero-order chi connectivity index (χ0) is 19.3. The number of halogens is 3. The van der Waals surface area contributed by atoms with E-state index in [9.17, 15) is 18.0 Å². The molecule has 0 saturated carbocycles. The Bertz CT molecular complexity index is 776. The van der Waals surface area contributed by atoms with E-state index in [1.807, 2.05) is 0 Å². The molecule has 1 saturated heterocycles. The number of nitrogens with one attached hydrogen (secondary N) is 2. The number of benzene rings is 1. The molecule has 1 fully saturated rings. The lowest BCUT2D eigenvalue weighted by Gasteiger charge is -2.09. The van der Waals surface area contributed by atoms with Crippen LogP contribution in [0.2, 0.25) is 0 Å². The summed E-state index contributed by atoms with van der Waals surface area (Å²) >= 11 is 1.46. The maximum Gasteiger partial charge on any atom is 0.416 e. The highest BCUT2D eigenvalue weighted by molar-refractivity contribution is 7.99. The summed E-state index contributed by atoms with van der Waals surface area (Å²) in [5.41, 5.74) is -0.945. The number of carbonyl (C=O) groups is 1. The molecule has 10 heteroatoms. The van der Waals surface area contributed by atoms with Crippen molar-refractivity contribution < 1.29 is 27.3 Å². The molecule has 2 heterocycles. The highest BCUT2D eigenvalue weighted by Gasteiger charge is 2.30. The summed E-state index contributed by atoms with van der Waals surface area (Å²) in [6, 6.07) is 4.25. The lowest BCUT2D eigenvalue weighted by Crippen LogP contribution is -3.10. The Balaban J connectivity index is 1.47. The molecule has 146 valence electrons. The van der Waals surface area contributed by atoms with Gasteiger partial charge in [-0.25, -0.2) is 0 Å². The zero-order valence-corrected chi connectivity index (χ0v) is 15.3. The van der Waals surface area contributed by atoms with Gasteiger partial charge in [0.25, 0.3) is 11.1 Å². The van der Waals surface area contributed by atoms with Crippen molar-refractivity contribution in [2.24, 2.45) is 0 Å². The first-order valence-electron chi connectivity index (χ1n) is 8.66. The van der Waals surface area contributed by atoms with Crippen LogP contribution in [-0.2, 0) is 12.7 Å². The molecule has 6 nitrogen and oxygen atoms in total. The summed E-state index contributed by atoms with van der Waals surface area (Å²) in [7, 11) is 0. The molecule has 1 aliphatic heterocycles. The van der Waals surface area contributed by atoms with E-state index >= 15 is 0 Å². The summed E-state index contributed by atoms with van der Waals surface area (Å²) < 4.78 is 43.6. The molecule has 1 aliphatic rings. The summed E-state index contributed by atoms with van der Waals surface area (Å²) in [5, 5.41) is 10.7. The van der Waals surface area contributed by atoms with E-state index in [4.69, 9.17) is 4.42 Å². The second kappa shape index (κ2) is 8.75. The molecule has 2 N–H and O–H groups in total. The molecule has 3 rings (SSSR count). The van der Waals surface area contributed by atoms with E-state index in [-0.39, 0.29) is 18.0 Å². The Morgan fingerprint density at radius 3 is 2.78 bits per heavy atom. The summed E-state index contributed by atoms with van der Waals surface area (Å²) in [6.45, 7) is 3.41. The third-order valence-electron chi connectivity index (χ3n) is 4.29. The number of thioether (sulfide) groups is 1. The first-order valence-corrected chi connectivity index (χ1v) is 9.64. The predicted octanol–water partition coefficient (Wildman–Crippen LogP) is 1.79. The molecule has 0 spiro atoms. The molecule has 0 bridgehead atoms. The second-order valence-electron chi connectivity index (χ2n) is 6.28. The van der Waals surface area contributed by atoms with E-state index < -0.39 is 17.6 Å². The number of alkyl halides is 3. The van der Waals surface area contributed by atoms with Crippen molar-refractivity contribution in [1.82, 2.24) is 15.5 Å².